The third kappa shape index (κ3) is 4.93. The van der Waals surface area contributed by atoms with Crippen molar-refractivity contribution in [3.63, 3.8) is 0 Å². The summed E-state index contributed by atoms with van der Waals surface area (Å²) in [5.41, 5.74) is 9.61. The predicted octanol–water partition coefficient (Wildman–Crippen LogP) is 2.85. The number of carbonyl (C=O) groups excluding carboxylic acids is 1. The smallest absolute Gasteiger partial charge is 0.283 e. The van der Waals surface area contributed by atoms with Crippen molar-refractivity contribution in [3.8, 4) is 11.5 Å². The molecular weight excluding hydrogens is 340 g/mol. The van der Waals surface area contributed by atoms with Crippen molar-refractivity contribution in [2.45, 2.75) is 26.7 Å². The number of benzene rings is 1. The molecule has 0 aliphatic heterocycles. The normalized spacial score (nSPS) is 10.8. The van der Waals surface area contributed by atoms with Crippen molar-refractivity contribution in [3.05, 3.63) is 34.3 Å². The quantitative estimate of drug-likeness (QED) is 0.556. The first-order valence-electron chi connectivity index (χ1n) is 7.98. The molecule has 25 heavy (non-hydrogen) atoms. The number of nitrogens with one attached hydrogen (secondary N) is 1. The van der Waals surface area contributed by atoms with E-state index in [1.165, 1.54) is 0 Å². The summed E-state index contributed by atoms with van der Waals surface area (Å²) in [6.07, 6.45) is 3.09. The maximum Gasteiger partial charge on any atom is 0.283 e. The fourth-order valence-electron chi connectivity index (χ4n) is 2.10. The van der Waals surface area contributed by atoms with Crippen LogP contribution in [-0.2, 0) is 6.42 Å². The van der Waals surface area contributed by atoms with Crippen LogP contribution in [0.3, 0.4) is 0 Å². The summed E-state index contributed by atoms with van der Waals surface area (Å²) in [6.45, 7) is 4.58. The Morgan fingerprint density at radius 2 is 2.20 bits per heavy atom. The first kappa shape index (κ1) is 18.7. The molecule has 0 atom stereocenters. The third-order valence-electron chi connectivity index (χ3n) is 3.28. The van der Waals surface area contributed by atoms with Gasteiger partial charge in [-0.15, -0.1) is 0 Å². The molecule has 3 N–H and O–H groups in total. The lowest BCUT2D eigenvalue weighted by atomic mass is 10.2. The summed E-state index contributed by atoms with van der Waals surface area (Å²) in [5.74, 6) is 0.975. The van der Waals surface area contributed by atoms with Gasteiger partial charge in [-0.1, -0.05) is 25.2 Å². The van der Waals surface area contributed by atoms with Crippen LogP contribution in [0.1, 0.15) is 41.2 Å². The van der Waals surface area contributed by atoms with E-state index in [2.05, 4.69) is 15.5 Å². The van der Waals surface area contributed by atoms with Crippen molar-refractivity contribution in [1.82, 2.24) is 10.4 Å². The van der Waals surface area contributed by atoms with Crippen molar-refractivity contribution in [2.24, 2.45) is 5.10 Å². The molecule has 0 saturated heterocycles. The second kappa shape index (κ2) is 9.03. The van der Waals surface area contributed by atoms with E-state index in [-0.39, 0.29) is 5.91 Å². The van der Waals surface area contributed by atoms with E-state index >= 15 is 0 Å². The number of ether oxygens (including phenoxy) is 2. The number of hydrogen-bond acceptors (Lipinski definition) is 7. The first-order chi connectivity index (χ1) is 12.1. The van der Waals surface area contributed by atoms with Gasteiger partial charge in [0.05, 0.1) is 25.6 Å². The Morgan fingerprint density at radius 1 is 1.40 bits per heavy atom. The molecule has 1 heterocycles. The average molecular weight is 362 g/mol. The van der Waals surface area contributed by atoms with Gasteiger partial charge in [-0.05, 0) is 36.6 Å². The SMILES string of the molecule is CCCOc1ccc(/C=N/NC(=O)c2sc(N)nc2CC)cc1OC. The van der Waals surface area contributed by atoms with E-state index in [0.717, 1.165) is 23.3 Å². The van der Waals surface area contributed by atoms with Crippen molar-refractivity contribution < 1.29 is 14.3 Å². The monoisotopic (exact) mass is 362 g/mol. The number of thiazole rings is 1. The Morgan fingerprint density at radius 3 is 2.88 bits per heavy atom. The molecule has 0 aliphatic rings. The number of anilines is 1. The van der Waals surface area contributed by atoms with Crippen LogP contribution in [0.4, 0.5) is 5.13 Å². The third-order valence-corrected chi connectivity index (χ3v) is 4.21. The number of nitrogens with two attached hydrogens (primary N) is 1. The minimum Gasteiger partial charge on any atom is -0.493 e. The second-order valence-electron chi connectivity index (χ2n) is 5.14. The Bertz CT molecular complexity index is 758. The molecule has 7 nitrogen and oxygen atoms in total. The Balaban J connectivity index is 2.05. The molecule has 0 spiro atoms. The Labute approximate surface area is 150 Å². The van der Waals surface area contributed by atoms with Gasteiger partial charge in [-0.25, -0.2) is 10.4 Å². The molecule has 8 heteroatoms. The lowest BCUT2D eigenvalue weighted by molar-refractivity contribution is 0.0958. The fourth-order valence-corrected chi connectivity index (χ4v) is 2.91. The van der Waals surface area contributed by atoms with Crippen LogP contribution in [0.2, 0.25) is 0 Å². The number of hydrazone groups is 1. The zero-order valence-electron chi connectivity index (χ0n) is 14.5. The van der Waals surface area contributed by atoms with Crippen molar-refractivity contribution in [1.29, 1.82) is 0 Å². The summed E-state index contributed by atoms with van der Waals surface area (Å²) in [7, 11) is 1.58. The van der Waals surface area contributed by atoms with Crippen LogP contribution in [0.5, 0.6) is 11.5 Å². The van der Waals surface area contributed by atoms with E-state index in [4.69, 9.17) is 15.2 Å². The summed E-state index contributed by atoms with van der Waals surface area (Å²) >= 11 is 1.15. The molecule has 2 aromatic rings. The zero-order chi connectivity index (χ0) is 18.2. The number of aryl methyl sites for hydroxylation is 1. The van der Waals surface area contributed by atoms with Gasteiger partial charge in [0.1, 0.15) is 4.88 Å². The predicted molar refractivity (Wildman–Crippen MR) is 99.7 cm³/mol. The van der Waals surface area contributed by atoms with Gasteiger partial charge >= 0.3 is 0 Å². The van der Waals surface area contributed by atoms with Gasteiger partial charge in [-0.2, -0.15) is 5.10 Å². The van der Waals surface area contributed by atoms with Gasteiger partial charge in [0.2, 0.25) is 0 Å². The summed E-state index contributed by atoms with van der Waals surface area (Å²) < 4.78 is 10.9. The van der Waals surface area contributed by atoms with E-state index in [1.807, 2.05) is 26.0 Å². The van der Waals surface area contributed by atoms with Crippen LogP contribution in [0.25, 0.3) is 0 Å². The summed E-state index contributed by atoms with van der Waals surface area (Å²) in [5, 5.41) is 4.36. The molecule has 0 bridgehead atoms. The Hall–Kier alpha value is -2.61. The lowest BCUT2D eigenvalue weighted by Crippen LogP contribution is -2.17. The second-order valence-corrected chi connectivity index (χ2v) is 6.17. The van der Waals surface area contributed by atoms with Crippen LogP contribution >= 0.6 is 11.3 Å². The number of aromatic nitrogens is 1. The number of hydrogen-bond donors (Lipinski definition) is 2. The highest BCUT2D eigenvalue weighted by Crippen LogP contribution is 2.27. The van der Waals surface area contributed by atoms with Gasteiger partial charge < -0.3 is 15.2 Å². The number of carbonyl (C=O) groups is 1. The molecule has 1 amide bonds. The van der Waals surface area contributed by atoms with Crippen molar-refractivity contribution in [2.75, 3.05) is 19.5 Å². The minimum atomic E-state index is -0.322. The average Bonchev–Trinajstić information content (AvgIpc) is 3.01. The molecule has 2 rings (SSSR count). The highest BCUT2D eigenvalue weighted by Gasteiger charge is 2.15. The van der Waals surface area contributed by atoms with Gasteiger partial charge in [0, 0.05) is 0 Å². The lowest BCUT2D eigenvalue weighted by Gasteiger charge is -2.10. The largest absolute Gasteiger partial charge is 0.493 e. The standard InChI is InChI=1S/C17H22N4O3S/c1-4-8-24-13-7-6-11(9-14(13)23-3)10-19-21-16(22)15-12(5-2)20-17(18)25-15/h6-7,9-10H,4-5,8H2,1-3H3,(H2,18,20)(H,21,22)/b19-10+. The topological polar surface area (TPSA) is 98.8 Å². The molecule has 0 aliphatic carbocycles. The minimum absolute atomic E-state index is 0.322. The highest BCUT2D eigenvalue weighted by molar-refractivity contribution is 7.17. The van der Waals surface area contributed by atoms with Gasteiger partial charge in [0.15, 0.2) is 16.6 Å². The summed E-state index contributed by atoms with van der Waals surface area (Å²) in [6, 6.07) is 5.45. The van der Waals surface area contributed by atoms with Crippen LogP contribution in [0, 0.1) is 0 Å². The van der Waals surface area contributed by atoms with Crippen LogP contribution in [0.15, 0.2) is 23.3 Å². The molecule has 0 fully saturated rings. The maximum atomic E-state index is 12.2. The van der Waals surface area contributed by atoms with E-state index in [0.29, 0.717) is 40.2 Å². The number of nitrogens with zero attached hydrogens (tertiary/aromatic N) is 2. The molecule has 0 radical (unpaired) electrons. The molecule has 1 aromatic heterocycles. The highest BCUT2D eigenvalue weighted by atomic mass is 32.1. The zero-order valence-corrected chi connectivity index (χ0v) is 15.4. The molecule has 134 valence electrons. The Kier molecular flexibility index (Phi) is 6.76. The fraction of sp³-hybridized carbons (Fsp3) is 0.353. The molecule has 0 saturated carbocycles. The number of rotatable bonds is 8. The first-order valence-corrected chi connectivity index (χ1v) is 8.80. The van der Waals surface area contributed by atoms with Crippen LogP contribution < -0.4 is 20.6 Å². The summed E-state index contributed by atoms with van der Waals surface area (Å²) in [4.78, 5) is 16.8. The maximum absolute atomic E-state index is 12.2. The van der Waals surface area contributed by atoms with E-state index < -0.39 is 0 Å². The van der Waals surface area contributed by atoms with E-state index in [1.54, 1.807) is 19.4 Å². The van der Waals surface area contributed by atoms with Crippen molar-refractivity contribution >= 4 is 28.6 Å². The van der Waals surface area contributed by atoms with Gasteiger partial charge in [-0.3, -0.25) is 4.79 Å². The molecular formula is C17H22N4O3S. The number of methoxy groups -OCH3 is 1. The molecule has 1 aromatic carbocycles. The molecule has 0 unspecified atom stereocenters. The van der Waals surface area contributed by atoms with E-state index in [9.17, 15) is 4.79 Å². The number of amides is 1. The number of nitrogen functional groups attached to an aromatic ring is 1. The van der Waals surface area contributed by atoms with Crippen LogP contribution in [-0.4, -0.2) is 30.8 Å². The van der Waals surface area contributed by atoms with Gasteiger partial charge in [0.25, 0.3) is 5.91 Å².